The third-order valence-corrected chi connectivity index (χ3v) is 8.26. The van der Waals surface area contributed by atoms with Crippen molar-refractivity contribution < 1.29 is 4.79 Å². The second-order valence-electron chi connectivity index (χ2n) is 8.19. The number of benzene rings is 1. The van der Waals surface area contributed by atoms with Crippen LogP contribution in [-0.4, -0.2) is 54.8 Å². The summed E-state index contributed by atoms with van der Waals surface area (Å²) in [6.07, 6.45) is 8.13. The highest BCUT2D eigenvalue weighted by Gasteiger charge is 2.28. The van der Waals surface area contributed by atoms with Crippen LogP contribution in [0.25, 0.3) is 10.2 Å². The third kappa shape index (κ3) is 4.23. The van der Waals surface area contributed by atoms with Crippen molar-refractivity contribution in [1.82, 2.24) is 30.1 Å². The maximum atomic E-state index is 12.9. The van der Waals surface area contributed by atoms with Crippen LogP contribution in [-0.2, 0) is 4.79 Å². The molecular weight excluding hydrogens is 416 g/mol. The van der Waals surface area contributed by atoms with E-state index in [9.17, 15) is 4.79 Å². The number of rotatable bonds is 5. The van der Waals surface area contributed by atoms with E-state index in [2.05, 4.69) is 33.7 Å². The van der Waals surface area contributed by atoms with Gasteiger partial charge in [0.25, 0.3) is 0 Å². The zero-order valence-corrected chi connectivity index (χ0v) is 18.6. The lowest BCUT2D eigenvalue weighted by Crippen LogP contribution is -2.40. The first-order valence-electron chi connectivity index (χ1n) is 10.8. The second-order valence-corrected chi connectivity index (χ2v) is 10.2. The monoisotopic (exact) mass is 442 g/mol. The Morgan fingerprint density at radius 1 is 1.13 bits per heavy atom. The fraction of sp³-hybridized carbons (Fsp3) is 0.571. The van der Waals surface area contributed by atoms with E-state index in [1.807, 2.05) is 15.6 Å². The number of carbonyl (C=O) groups is 1. The van der Waals surface area contributed by atoms with Gasteiger partial charge < -0.3 is 4.90 Å². The van der Waals surface area contributed by atoms with E-state index in [0.29, 0.717) is 17.7 Å². The van der Waals surface area contributed by atoms with Gasteiger partial charge in [0.1, 0.15) is 0 Å². The molecule has 1 aromatic carbocycles. The minimum atomic E-state index is 0.170. The molecule has 2 aromatic heterocycles. The van der Waals surface area contributed by atoms with E-state index in [0.717, 1.165) is 54.5 Å². The van der Waals surface area contributed by atoms with Crippen molar-refractivity contribution in [2.75, 3.05) is 18.8 Å². The summed E-state index contributed by atoms with van der Waals surface area (Å²) in [6.45, 7) is 1.58. The Kier molecular flexibility index (Phi) is 5.99. The Morgan fingerprint density at radius 3 is 2.87 bits per heavy atom. The van der Waals surface area contributed by atoms with Crippen molar-refractivity contribution in [3.8, 4) is 0 Å². The van der Waals surface area contributed by atoms with Crippen molar-refractivity contribution in [1.29, 1.82) is 0 Å². The Labute approximate surface area is 184 Å². The van der Waals surface area contributed by atoms with Gasteiger partial charge in [-0.15, -0.1) is 16.4 Å². The fourth-order valence-electron chi connectivity index (χ4n) is 4.52. The van der Waals surface area contributed by atoms with Gasteiger partial charge in [0.2, 0.25) is 11.1 Å². The normalized spacial score (nSPS) is 20.7. The zero-order valence-electron chi connectivity index (χ0n) is 16.9. The van der Waals surface area contributed by atoms with E-state index < -0.39 is 0 Å². The third-order valence-electron chi connectivity index (χ3n) is 6.14. The molecule has 0 N–H and O–H groups in total. The van der Waals surface area contributed by atoms with Gasteiger partial charge in [-0.1, -0.05) is 43.2 Å². The van der Waals surface area contributed by atoms with Gasteiger partial charge in [0.15, 0.2) is 0 Å². The number of carbonyl (C=O) groups excluding carboxylic acids is 1. The molecule has 1 saturated heterocycles. The predicted octanol–water partition coefficient (Wildman–Crippen LogP) is 4.29. The number of thiazole rings is 1. The van der Waals surface area contributed by atoms with Crippen LogP contribution in [0.1, 0.15) is 61.9 Å². The molecule has 1 saturated carbocycles. The molecule has 1 aliphatic carbocycles. The van der Waals surface area contributed by atoms with Crippen molar-refractivity contribution in [2.45, 2.75) is 62.1 Å². The van der Waals surface area contributed by atoms with Gasteiger partial charge in [-0.25, -0.2) is 9.67 Å². The summed E-state index contributed by atoms with van der Waals surface area (Å²) in [4.78, 5) is 19.8. The van der Waals surface area contributed by atoms with Gasteiger partial charge in [-0.2, -0.15) is 0 Å². The lowest BCUT2D eigenvalue weighted by atomic mass is 9.96. The molecule has 1 aliphatic heterocycles. The lowest BCUT2D eigenvalue weighted by molar-refractivity contribution is -0.129. The molecule has 0 bridgehead atoms. The maximum Gasteiger partial charge on any atom is 0.233 e. The number of fused-ring (bicyclic) bond motifs is 1. The smallest absolute Gasteiger partial charge is 0.233 e. The Morgan fingerprint density at radius 2 is 2.00 bits per heavy atom. The summed E-state index contributed by atoms with van der Waals surface area (Å²) < 4.78 is 3.16. The number of hydrogen-bond acceptors (Lipinski definition) is 7. The highest BCUT2D eigenvalue weighted by Crippen LogP contribution is 2.34. The van der Waals surface area contributed by atoms with Gasteiger partial charge in [-0.3, -0.25) is 4.79 Å². The van der Waals surface area contributed by atoms with Crippen LogP contribution in [0.3, 0.4) is 0 Å². The molecule has 1 atom stereocenters. The van der Waals surface area contributed by atoms with Crippen LogP contribution in [0, 0.1) is 0 Å². The van der Waals surface area contributed by atoms with Crippen molar-refractivity contribution in [3.05, 3.63) is 29.3 Å². The van der Waals surface area contributed by atoms with Crippen LogP contribution < -0.4 is 0 Å². The van der Waals surface area contributed by atoms with Crippen molar-refractivity contribution >= 4 is 39.2 Å². The molecule has 7 nitrogen and oxygen atoms in total. The molecule has 30 heavy (non-hydrogen) atoms. The summed E-state index contributed by atoms with van der Waals surface area (Å²) >= 11 is 3.24. The van der Waals surface area contributed by atoms with E-state index in [1.165, 1.54) is 35.7 Å². The van der Waals surface area contributed by atoms with Crippen LogP contribution in [0.15, 0.2) is 29.4 Å². The summed E-state index contributed by atoms with van der Waals surface area (Å²) in [5, 5.41) is 14.2. The molecule has 1 amide bonds. The average molecular weight is 443 g/mol. The topological polar surface area (TPSA) is 76.8 Å². The highest BCUT2D eigenvalue weighted by molar-refractivity contribution is 7.99. The standard InChI is InChI=1S/C21H26N6OS2/c28-19(14-29-21-23-24-25-27(21)16-8-2-1-3-9-16)26-12-6-7-15(13-26)20-22-17-10-4-5-11-18(17)30-20/h4-5,10-11,15-16H,1-3,6-9,12-14H2. The van der Waals surface area contributed by atoms with E-state index in [4.69, 9.17) is 4.98 Å². The molecular formula is C21H26N6OS2. The Balaban J connectivity index is 1.21. The number of aromatic nitrogens is 5. The number of para-hydroxylation sites is 1. The quantitative estimate of drug-likeness (QED) is 0.549. The summed E-state index contributed by atoms with van der Waals surface area (Å²) in [6, 6.07) is 8.65. The summed E-state index contributed by atoms with van der Waals surface area (Å²) in [5.74, 6) is 0.890. The minimum absolute atomic E-state index is 0.170. The molecule has 0 radical (unpaired) electrons. The first kappa shape index (κ1) is 19.9. The van der Waals surface area contributed by atoms with Crippen molar-refractivity contribution in [3.63, 3.8) is 0 Å². The van der Waals surface area contributed by atoms with Gasteiger partial charge >= 0.3 is 0 Å². The highest BCUT2D eigenvalue weighted by atomic mass is 32.2. The molecule has 2 aliphatic rings. The molecule has 3 heterocycles. The van der Waals surface area contributed by atoms with Crippen LogP contribution in [0.4, 0.5) is 0 Å². The van der Waals surface area contributed by atoms with Gasteiger partial charge in [-0.05, 0) is 48.2 Å². The average Bonchev–Trinajstić information content (AvgIpc) is 3.45. The second kappa shape index (κ2) is 9.01. The zero-order chi connectivity index (χ0) is 20.3. The summed E-state index contributed by atoms with van der Waals surface area (Å²) in [7, 11) is 0. The van der Waals surface area contributed by atoms with E-state index in [1.54, 1.807) is 11.3 Å². The van der Waals surface area contributed by atoms with Crippen LogP contribution in [0.2, 0.25) is 0 Å². The van der Waals surface area contributed by atoms with Crippen LogP contribution >= 0.6 is 23.1 Å². The molecule has 5 rings (SSSR count). The van der Waals surface area contributed by atoms with Crippen LogP contribution in [0.5, 0.6) is 0 Å². The largest absolute Gasteiger partial charge is 0.341 e. The molecule has 158 valence electrons. The molecule has 9 heteroatoms. The maximum absolute atomic E-state index is 12.9. The molecule has 3 aromatic rings. The molecule has 1 unspecified atom stereocenters. The summed E-state index contributed by atoms with van der Waals surface area (Å²) in [5.41, 5.74) is 1.06. The number of nitrogens with zero attached hydrogens (tertiary/aromatic N) is 6. The number of amides is 1. The molecule has 2 fully saturated rings. The number of likely N-dealkylation sites (tertiary alicyclic amines) is 1. The molecule has 0 spiro atoms. The first-order valence-corrected chi connectivity index (χ1v) is 12.6. The van der Waals surface area contributed by atoms with Gasteiger partial charge in [0, 0.05) is 19.0 Å². The lowest BCUT2D eigenvalue weighted by Gasteiger charge is -2.31. The SMILES string of the molecule is O=C(CSc1nnnn1C1CCCCC1)N1CCCC(c2nc3ccccc3s2)C1. The minimum Gasteiger partial charge on any atom is -0.341 e. The Hall–Kier alpha value is -2.00. The number of hydrogen-bond donors (Lipinski definition) is 0. The first-order chi connectivity index (χ1) is 14.8. The number of piperidine rings is 1. The number of thioether (sulfide) groups is 1. The number of tetrazole rings is 1. The van der Waals surface area contributed by atoms with Crippen molar-refractivity contribution in [2.24, 2.45) is 0 Å². The van der Waals surface area contributed by atoms with E-state index >= 15 is 0 Å². The van der Waals surface area contributed by atoms with Gasteiger partial charge in [0.05, 0.1) is 27.0 Å². The predicted molar refractivity (Wildman–Crippen MR) is 119 cm³/mol. The Bertz CT molecular complexity index is 979. The fourth-order valence-corrected chi connectivity index (χ4v) is 6.46. The van der Waals surface area contributed by atoms with E-state index in [-0.39, 0.29) is 5.91 Å².